The molecule has 138 valence electrons. The van der Waals surface area contributed by atoms with Crippen molar-refractivity contribution >= 4 is 17.5 Å². The predicted molar refractivity (Wildman–Crippen MR) is 96.9 cm³/mol. The summed E-state index contributed by atoms with van der Waals surface area (Å²) < 4.78 is 10.5. The molecule has 0 aliphatic carbocycles. The minimum Gasteiger partial charge on any atom is -0.493 e. The second kappa shape index (κ2) is 8.47. The Labute approximate surface area is 152 Å². The van der Waals surface area contributed by atoms with Gasteiger partial charge in [0.05, 0.1) is 18.7 Å². The van der Waals surface area contributed by atoms with Crippen molar-refractivity contribution in [2.24, 2.45) is 0 Å². The maximum absolute atomic E-state index is 12.2. The molecule has 6 nitrogen and oxygen atoms in total. The number of aromatic amines is 1. The van der Waals surface area contributed by atoms with Crippen LogP contribution in [-0.4, -0.2) is 35.7 Å². The molecule has 0 atom stereocenters. The molecule has 1 aromatic heterocycles. The Hall–Kier alpha value is -2.89. The highest BCUT2D eigenvalue weighted by molar-refractivity contribution is 6.04. The van der Waals surface area contributed by atoms with E-state index < -0.39 is 5.97 Å². The fraction of sp³-hybridized carbons (Fsp3) is 0.350. The highest BCUT2D eigenvalue weighted by Gasteiger charge is 2.20. The molecule has 0 radical (unpaired) electrons. The second-order valence-corrected chi connectivity index (χ2v) is 6.18. The van der Waals surface area contributed by atoms with Crippen molar-refractivity contribution in [3.05, 3.63) is 52.3 Å². The van der Waals surface area contributed by atoms with Crippen LogP contribution in [0.5, 0.6) is 5.75 Å². The molecule has 6 heteroatoms. The van der Waals surface area contributed by atoms with Gasteiger partial charge < -0.3 is 14.5 Å². The Kier molecular flexibility index (Phi) is 6.33. The van der Waals surface area contributed by atoms with E-state index in [1.54, 1.807) is 13.8 Å². The zero-order chi connectivity index (χ0) is 19.3. The van der Waals surface area contributed by atoms with Crippen LogP contribution in [0.25, 0.3) is 0 Å². The molecule has 1 aromatic carbocycles. The number of ketones is 2. The number of H-pyrrole nitrogens is 1. The van der Waals surface area contributed by atoms with Crippen LogP contribution in [0.2, 0.25) is 0 Å². The van der Waals surface area contributed by atoms with Gasteiger partial charge >= 0.3 is 5.97 Å². The van der Waals surface area contributed by atoms with Crippen LogP contribution >= 0.6 is 0 Å². The Morgan fingerprint density at radius 1 is 1.12 bits per heavy atom. The van der Waals surface area contributed by atoms with Gasteiger partial charge in [-0.1, -0.05) is 12.1 Å². The van der Waals surface area contributed by atoms with E-state index in [4.69, 9.17) is 9.47 Å². The number of esters is 1. The van der Waals surface area contributed by atoms with Crippen LogP contribution in [0.1, 0.15) is 51.0 Å². The van der Waals surface area contributed by atoms with Gasteiger partial charge in [-0.3, -0.25) is 14.4 Å². The second-order valence-electron chi connectivity index (χ2n) is 6.18. The average Bonchev–Trinajstić information content (AvgIpc) is 2.87. The Bertz CT molecular complexity index is 835. The van der Waals surface area contributed by atoms with Gasteiger partial charge in [-0.2, -0.15) is 0 Å². The molecule has 26 heavy (non-hydrogen) atoms. The van der Waals surface area contributed by atoms with Gasteiger partial charge in [0.25, 0.3) is 0 Å². The summed E-state index contributed by atoms with van der Waals surface area (Å²) in [6.45, 7) is 6.63. The smallest absolute Gasteiger partial charge is 0.309 e. The molecule has 0 aliphatic rings. The van der Waals surface area contributed by atoms with Crippen LogP contribution in [0.4, 0.5) is 0 Å². The number of carbonyl (C=O) groups is 3. The first kappa shape index (κ1) is 19.4. The van der Waals surface area contributed by atoms with Crippen LogP contribution in [0.3, 0.4) is 0 Å². The number of Topliss-reactive ketones (excluding diaryl/α,β-unsaturated/α-hetero) is 2. The van der Waals surface area contributed by atoms with Gasteiger partial charge in [-0.25, -0.2) is 0 Å². The molecule has 1 N–H and O–H groups in total. The van der Waals surface area contributed by atoms with Gasteiger partial charge in [0.1, 0.15) is 5.75 Å². The average molecular weight is 357 g/mol. The molecular formula is C20H23NO5. The van der Waals surface area contributed by atoms with E-state index in [1.807, 2.05) is 31.2 Å². The van der Waals surface area contributed by atoms with E-state index >= 15 is 0 Å². The third kappa shape index (κ3) is 4.81. The SMILES string of the molecule is CC(=O)c1c(C)[nH]c(C(=O)COC(=O)CCOc2cccc(C)c2)c1C. The number of carbonyl (C=O) groups excluding carboxylic acids is 3. The van der Waals surface area contributed by atoms with Crippen LogP contribution in [0, 0.1) is 20.8 Å². The first-order chi connectivity index (χ1) is 12.3. The number of aromatic nitrogens is 1. The Morgan fingerprint density at radius 3 is 2.46 bits per heavy atom. The summed E-state index contributed by atoms with van der Waals surface area (Å²) in [7, 11) is 0. The minimum atomic E-state index is -0.515. The molecule has 0 spiro atoms. The van der Waals surface area contributed by atoms with Gasteiger partial charge in [0.15, 0.2) is 12.4 Å². The topological polar surface area (TPSA) is 85.5 Å². The molecule has 0 amide bonds. The van der Waals surface area contributed by atoms with E-state index in [2.05, 4.69) is 4.98 Å². The summed E-state index contributed by atoms with van der Waals surface area (Å²) in [5.74, 6) is -0.312. The summed E-state index contributed by atoms with van der Waals surface area (Å²) in [4.78, 5) is 38.5. The van der Waals surface area contributed by atoms with Crippen molar-refractivity contribution in [2.75, 3.05) is 13.2 Å². The van der Waals surface area contributed by atoms with Crippen molar-refractivity contribution in [2.45, 2.75) is 34.1 Å². The van der Waals surface area contributed by atoms with Gasteiger partial charge in [0.2, 0.25) is 5.78 Å². The number of benzene rings is 1. The summed E-state index contributed by atoms with van der Waals surface area (Å²) >= 11 is 0. The van der Waals surface area contributed by atoms with E-state index in [-0.39, 0.29) is 31.2 Å². The third-order valence-electron chi connectivity index (χ3n) is 4.00. The Balaban J connectivity index is 1.83. The first-order valence-corrected chi connectivity index (χ1v) is 8.38. The summed E-state index contributed by atoms with van der Waals surface area (Å²) in [6.07, 6.45) is 0.0443. The largest absolute Gasteiger partial charge is 0.493 e. The number of aryl methyl sites for hydroxylation is 2. The molecule has 0 bridgehead atoms. The molecule has 0 unspecified atom stereocenters. The molecule has 0 fully saturated rings. The van der Waals surface area contributed by atoms with Gasteiger partial charge in [0, 0.05) is 11.3 Å². The number of rotatable bonds is 8. The molecular weight excluding hydrogens is 334 g/mol. The van der Waals surface area contributed by atoms with Crippen LogP contribution < -0.4 is 4.74 Å². The molecule has 0 saturated carbocycles. The number of hydrogen-bond donors (Lipinski definition) is 1. The fourth-order valence-corrected chi connectivity index (χ4v) is 2.80. The first-order valence-electron chi connectivity index (χ1n) is 8.38. The Morgan fingerprint density at radius 2 is 1.85 bits per heavy atom. The molecule has 2 aromatic rings. The number of hydrogen-bond acceptors (Lipinski definition) is 5. The predicted octanol–water partition coefficient (Wildman–Crippen LogP) is 3.34. The standard InChI is InChI=1S/C20H23NO5/c1-12-6-5-7-16(10-12)25-9-8-18(24)26-11-17(23)20-13(2)19(15(4)22)14(3)21-20/h5-7,10,21H,8-9,11H2,1-4H3. The molecule has 0 saturated heterocycles. The van der Waals surface area contributed by atoms with Crippen molar-refractivity contribution in [3.8, 4) is 5.75 Å². The lowest BCUT2D eigenvalue weighted by atomic mass is 10.1. The van der Waals surface area contributed by atoms with Crippen LogP contribution in [-0.2, 0) is 9.53 Å². The van der Waals surface area contributed by atoms with Crippen molar-refractivity contribution in [1.82, 2.24) is 4.98 Å². The quantitative estimate of drug-likeness (QED) is 0.578. The normalized spacial score (nSPS) is 10.5. The summed E-state index contributed by atoms with van der Waals surface area (Å²) in [6, 6.07) is 7.51. The highest BCUT2D eigenvalue weighted by Crippen LogP contribution is 2.19. The monoisotopic (exact) mass is 357 g/mol. The lowest BCUT2D eigenvalue weighted by Crippen LogP contribution is -2.17. The molecule has 0 aliphatic heterocycles. The van der Waals surface area contributed by atoms with Crippen molar-refractivity contribution in [3.63, 3.8) is 0 Å². The highest BCUT2D eigenvalue weighted by atomic mass is 16.5. The van der Waals surface area contributed by atoms with Crippen LogP contribution in [0.15, 0.2) is 24.3 Å². The molecule has 1 heterocycles. The zero-order valence-corrected chi connectivity index (χ0v) is 15.5. The van der Waals surface area contributed by atoms with Crippen molar-refractivity contribution in [1.29, 1.82) is 0 Å². The number of nitrogens with one attached hydrogen (secondary N) is 1. The fourth-order valence-electron chi connectivity index (χ4n) is 2.80. The van der Waals surface area contributed by atoms with E-state index in [0.29, 0.717) is 28.3 Å². The minimum absolute atomic E-state index is 0.0443. The number of ether oxygens (including phenoxy) is 2. The van der Waals surface area contributed by atoms with Crippen molar-refractivity contribution < 1.29 is 23.9 Å². The van der Waals surface area contributed by atoms with E-state index in [0.717, 1.165) is 5.56 Å². The lowest BCUT2D eigenvalue weighted by Gasteiger charge is -2.07. The van der Waals surface area contributed by atoms with E-state index in [1.165, 1.54) is 6.92 Å². The maximum Gasteiger partial charge on any atom is 0.309 e. The lowest BCUT2D eigenvalue weighted by molar-refractivity contribution is -0.143. The summed E-state index contributed by atoms with van der Waals surface area (Å²) in [5, 5.41) is 0. The third-order valence-corrected chi connectivity index (χ3v) is 4.00. The van der Waals surface area contributed by atoms with Gasteiger partial charge in [-0.15, -0.1) is 0 Å². The van der Waals surface area contributed by atoms with E-state index in [9.17, 15) is 14.4 Å². The molecule has 2 rings (SSSR count). The zero-order valence-electron chi connectivity index (χ0n) is 15.5. The van der Waals surface area contributed by atoms with Gasteiger partial charge in [-0.05, 0) is 51.0 Å². The summed E-state index contributed by atoms with van der Waals surface area (Å²) in [5.41, 5.74) is 3.09. The maximum atomic E-state index is 12.2.